The zero-order valence-electron chi connectivity index (χ0n) is 13.8. The maximum Gasteiger partial charge on any atom is 0.307 e. The van der Waals surface area contributed by atoms with Crippen molar-refractivity contribution in [2.45, 2.75) is 25.3 Å². The molecule has 1 atom stereocenters. The molecule has 2 heterocycles. The lowest BCUT2D eigenvalue weighted by atomic mass is 10.1. The van der Waals surface area contributed by atoms with Gasteiger partial charge in [-0.05, 0) is 42.0 Å². The van der Waals surface area contributed by atoms with Gasteiger partial charge in [0.05, 0.1) is 11.3 Å². The van der Waals surface area contributed by atoms with Gasteiger partial charge in [-0.25, -0.2) is 4.39 Å². The van der Waals surface area contributed by atoms with Crippen LogP contribution in [-0.2, 0) is 16.0 Å². The van der Waals surface area contributed by atoms with Crippen LogP contribution in [0.15, 0.2) is 35.7 Å². The zero-order chi connectivity index (χ0) is 18.7. The molecule has 6 nitrogen and oxygen atoms in total. The van der Waals surface area contributed by atoms with E-state index in [-0.39, 0.29) is 23.1 Å². The first-order valence-electron chi connectivity index (χ1n) is 8.11. The van der Waals surface area contributed by atoms with Crippen LogP contribution < -0.4 is 5.32 Å². The third-order valence-electron chi connectivity index (χ3n) is 4.21. The molecule has 0 spiro atoms. The van der Waals surface area contributed by atoms with Crippen LogP contribution in [0.3, 0.4) is 0 Å². The number of carboxylic acid groups (broad SMARTS) is 1. The highest BCUT2D eigenvalue weighted by atomic mass is 32.1. The molecule has 1 aromatic heterocycles. The first-order chi connectivity index (χ1) is 12.5. The van der Waals surface area contributed by atoms with E-state index in [0.29, 0.717) is 17.8 Å². The number of benzene rings is 1. The number of aliphatic carboxylic acids is 1. The van der Waals surface area contributed by atoms with Gasteiger partial charge in [-0.3, -0.25) is 14.4 Å². The quantitative estimate of drug-likeness (QED) is 0.840. The average molecular weight is 376 g/mol. The minimum atomic E-state index is -1.13. The molecular formula is C18H17FN2O4S. The van der Waals surface area contributed by atoms with Crippen molar-refractivity contribution in [3.05, 3.63) is 52.0 Å². The van der Waals surface area contributed by atoms with Crippen molar-refractivity contribution in [3.63, 3.8) is 0 Å². The number of nitrogens with zero attached hydrogens (tertiary/aromatic N) is 1. The van der Waals surface area contributed by atoms with Gasteiger partial charge in [-0.15, -0.1) is 11.3 Å². The highest BCUT2D eigenvalue weighted by Gasteiger charge is 2.34. The van der Waals surface area contributed by atoms with E-state index in [1.807, 2.05) is 0 Å². The van der Waals surface area contributed by atoms with E-state index in [0.717, 1.165) is 12.5 Å². The highest BCUT2D eigenvalue weighted by molar-refractivity contribution is 7.12. The first kappa shape index (κ1) is 18.1. The number of carbonyl (C=O) groups excluding carboxylic acids is 2. The number of carbonyl (C=O) groups is 3. The van der Waals surface area contributed by atoms with E-state index in [4.69, 9.17) is 5.11 Å². The van der Waals surface area contributed by atoms with Crippen molar-refractivity contribution in [3.8, 4) is 0 Å². The van der Waals surface area contributed by atoms with Gasteiger partial charge in [0, 0.05) is 12.2 Å². The van der Waals surface area contributed by atoms with E-state index in [2.05, 4.69) is 5.32 Å². The predicted octanol–water partition coefficient (Wildman–Crippen LogP) is 2.76. The van der Waals surface area contributed by atoms with Crippen LogP contribution in [0.5, 0.6) is 0 Å². The fraction of sp³-hybridized carbons (Fsp3) is 0.278. The van der Waals surface area contributed by atoms with E-state index in [1.54, 1.807) is 17.5 Å². The normalized spacial score (nSPS) is 16.5. The minimum Gasteiger partial charge on any atom is -0.481 e. The van der Waals surface area contributed by atoms with Crippen LogP contribution in [0.1, 0.15) is 28.1 Å². The van der Waals surface area contributed by atoms with Crippen molar-refractivity contribution in [2.24, 2.45) is 0 Å². The summed E-state index contributed by atoms with van der Waals surface area (Å²) in [4.78, 5) is 37.9. The smallest absolute Gasteiger partial charge is 0.307 e. The Morgan fingerprint density at radius 2 is 2.12 bits per heavy atom. The lowest BCUT2D eigenvalue weighted by Gasteiger charge is -2.23. The number of halogens is 1. The summed E-state index contributed by atoms with van der Waals surface area (Å²) in [6.45, 7) is 0.501. The number of nitrogens with one attached hydrogen (secondary N) is 1. The lowest BCUT2D eigenvalue weighted by molar-refractivity contribution is -0.136. The van der Waals surface area contributed by atoms with E-state index >= 15 is 0 Å². The number of likely N-dealkylation sites (tertiary alicyclic amines) is 1. The number of thiophene rings is 1. The number of anilines is 1. The fourth-order valence-electron chi connectivity index (χ4n) is 2.98. The molecule has 1 aliphatic heterocycles. The Morgan fingerprint density at radius 3 is 2.77 bits per heavy atom. The molecule has 0 aliphatic carbocycles. The Balaban J connectivity index is 1.70. The van der Waals surface area contributed by atoms with Crippen molar-refractivity contribution in [1.82, 2.24) is 4.90 Å². The number of carboxylic acids is 1. The van der Waals surface area contributed by atoms with Gasteiger partial charge < -0.3 is 15.3 Å². The van der Waals surface area contributed by atoms with E-state index in [9.17, 15) is 18.8 Å². The molecular weight excluding hydrogens is 359 g/mol. The van der Waals surface area contributed by atoms with Gasteiger partial charge >= 0.3 is 5.97 Å². The topological polar surface area (TPSA) is 86.7 Å². The molecule has 0 radical (unpaired) electrons. The molecule has 2 aromatic rings. The van der Waals surface area contributed by atoms with Gasteiger partial charge in [0.15, 0.2) is 0 Å². The molecule has 1 fully saturated rings. The van der Waals surface area contributed by atoms with Crippen LogP contribution in [0, 0.1) is 5.82 Å². The van der Waals surface area contributed by atoms with Crippen molar-refractivity contribution in [2.75, 3.05) is 11.9 Å². The van der Waals surface area contributed by atoms with Gasteiger partial charge in [0.25, 0.3) is 5.91 Å². The Kier molecular flexibility index (Phi) is 5.32. The Labute approximate surface area is 153 Å². The molecule has 8 heteroatoms. The second-order valence-corrected chi connectivity index (χ2v) is 6.95. The van der Waals surface area contributed by atoms with Crippen LogP contribution in [-0.4, -0.2) is 40.4 Å². The Morgan fingerprint density at radius 1 is 1.31 bits per heavy atom. The summed E-state index contributed by atoms with van der Waals surface area (Å²) < 4.78 is 14.0. The molecule has 1 saturated heterocycles. The second-order valence-electron chi connectivity index (χ2n) is 6.00. The van der Waals surface area contributed by atoms with Gasteiger partial charge in [0.2, 0.25) is 5.91 Å². The number of hydrogen-bond donors (Lipinski definition) is 2. The summed E-state index contributed by atoms with van der Waals surface area (Å²) >= 11 is 1.32. The molecule has 3 rings (SSSR count). The molecule has 1 unspecified atom stereocenters. The summed E-state index contributed by atoms with van der Waals surface area (Å²) in [5, 5.41) is 13.2. The molecule has 0 saturated carbocycles. The molecule has 1 aliphatic rings. The molecule has 2 amide bonds. The molecule has 2 N–H and O–H groups in total. The van der Waals surface area contributed by atoms with Crippen LogP contribution in [0.2, 0.25) is 0 Å². The maximum absolute atomic E-state index is 14.0. The van der Waals surface area contributed by atoms with Gasteiger partial charge in [-0.2, -0.15) is 0 Å². The Bertz CT molecular complexity index is 838. The maximum atomic E-state index is 14.0. The lowest BCUT2D eigenvalue weighted by Crippen LogP contribution is -2.42. The molecule has 1 aromatic carbocycles. The average Bonchev–Trinajstić information content (AvgIpc) is 3.28. The van der Waals surface area contributed by atoms with Gasteiger partial charge in [-0.1, -0.05) is 12.1 Å². The third-order valence-corrected chi connectivity index (χ3v) is 5.07. The molecule has 136 valence electrons. The predicted molar refractivity (Wildman–Crippen MR) is 94.7 cm³/mol. The first-order valence-corrected chi connectivity index (χ1v) is 8.99. The second kappa shape index (κ2) is 7.65. The van der Waals surface area contributed by atoms with Crippen LogP contribution in [0.25, 0.3) is 0 Å². The zero-order valence-corrected chi connectivity index (χ0v) is 14.6. The fourth-order valence-corrected chi connectivity index (χ4v) is 3.66. The summed E-state index contributed by atoms with van der Waals surface area (Å²) in [7, 11) is 0. The summed E-state index contributed by atoms with van der Waals surface area (Å²) in [5.74, 6) is -2.38. The largest absolute Gasteiger partial charge is 0.481 e. The van der Waals surface area contributed by atoms with Crippen LogP contribution >= 0.6 is 11.3 Å². The van der Waals surface area contributed by atoms with Crippen LogP contribution in [0.4, 0.5) is 10.1 Å². The summed E-state index contributed by atoms with van der Waals surface area (Å²) in [6.07, 6.45) is 0.843. The molecule has 26 heavy (non-hydrogen) atoms. The monoisotopic (exact) mass is 376 g/mol. The molecule has 0 bridgehead atoms. The van der Waals surface area contributed by atoms with Crippen molar-refractivity contribution >= 4 is 34.8 Å². The number of hydrogen-bond acceptors (Lipinski definition) is 4. The summed E-state index contributed by atoms with van der Waals surface area (Å²) in [6, 6.07) is 6.78. The highest BCUT2D eigenvalue weighted by Crippen LogP contribution is 2.24. The van der Waals surface area contributed by atoms with Crippen molar-refractivity contribution < 1.29 is 23.9 Å². The van der Waals surface area contributed by atoms with Crippen molar-refractivity contribution in [1.29, 1.82) is 0 Å². The third kappa shape index (κ3) is 3.91. The summed E-state index contributed by atoms with van der Waals surface area (Å²) in [5.41, 5.74) is 0.280. The van der Waals surface area contributed by atoms with Gasteiger partial charge in [0.1, 0.15) is 11.9 Å². The standard InChI is InChI=1S/C18H17FN2O4S/c19-13-10-12(6-5-11(13)9-16(22)23)20-17(24)14-3-1-7-21(14)18(25)15-4-2-8-26-15/h2,4-6,8,10,14H,1,3,7,9H2,(H,20,24)(H,22,23). The minimum absolute atomic E-state index is 0.0471. The SMILES string of the molecule is O=C(O)Cc1ccc(NC(=O)C2CCCN2C(=O)c2cccs2)cc1F. The Hall–Kier alpha value is -2.74. The van der Waals surface area contributed by atoms with E-state index in [1.165, 1.54) is 28.4 Å². The number of amides is 2. The van der Waals surface area contributed by atoms with E-state index < -0.39 is 24.2 Å². The number of rotatable bonds is 5.